The highest BCUT2D eigenvalue weighted by molar-refractivity contribution is 6.07. The van der Waals surface area contributed by atoms with Crippen molar-refractivity contribution in [3.05, 3.63) is 89.5 Å². The van der Waals surface area contributed by atoms with Gasteiger partial charge in [0.2, 0.25) is 0 Å². The number of benzene rings is 3. The van der Waals surface area contributed by atoms with E-state index in [4.69, 9.17) is 4.74 Å². The summed E-state index contributed by atoms with van der Waals surface area (Å²) in [6.45, 7) is 5.06. The summed E-state index contributed by atoms with van der Waals surface area (Å²) >= 11 is 0. The number of nitrogens with one attached hydrogen (secondary N) is 1. The first-order valence-electron chi connectivity index (χ1n) is 11.6. The summed E-state index contributed by atoms with van der Waals surface area (Å²) in [6, 6.07) is 17.9. The molecule has 5 nitrogen and oxygen atoms in total. The molecule has 0 spiro atoms. The molecule has 1 amide bonds. The fourth-order valence-corrected chi connectivity index (χ4v) is 4.80. The number of nitrogens with zero attached hydrogens (tertiary/aromatic N) is 2. The lowest BCUT2D eigenvalue weighted by Gasteiger charge is -2.40. The summed E-state index contributed by atoms with van der Waals surface area (Å²) in [4.78, 5) is 17.6. The van der Waals surface area contributed by atoms with Crippen LogP contribution in [0.2, 0.25) is 0 Å². The first kappa shape index (κ1) is 22.3. The van der Waals surface area contributed by atoms with E-state index in [0.717, 1.165) is 24.5 Å². The Hall–Kier alpha value is -3.45. The molecule has 0 unspecified atom stereocenters. The molecule has 7 heteroatoms. The predicted octanol–water partition coefficient (Wildman–Crippen LogP) is 5.39. The van der Waals surface area contributed by atoms with Crippen LogP contribution in [0.1, 0.15) is 35.3 Å². The molecule has 1 fully saturated rings. The second-order valence-electron chi connectivity index (χ2n) is 8.81. The fraction of sp³-hybridized carbons (Fsp3) is 0.296. The molecule has 0 radical (unpaired) electrons. The monoisotopic (exact) mass is 463 g/mol. The smallest absolute Gasteiger partial charge is 0.258 e. The second-order valence-corrected chi connectivity index (χ2v) is 8.81. The number of amides is 1. The minimum atomic E-state index is -0.360. The molecule has 2 aliphatic heterocycles. The van der Waals surface area contributed by atoms with Gasteiger partial charge in [0.1, 0.15) is 11.6 Å². The molecule has 0 bridgehead atoms. The molecular formula is C27H27F2N3O2. The van der Waals surface area contributed by atoms with Crippen molar-refractivity contribution in [1.82, 2.24) is 0 Å². The summed E-state index contributed by atoms with van der Waals surface area (Å²) in [5.74, 6) is -0.791. The van der Waals surface area contributed by atoms with E-state index in [-0.39, 0.29) is 29.6 Å². The molecule has 2 atom stereocenters. The molecule has 2 heterocycles. The van der Waals surface area contributed by atoms with Crippen molar-refractivity contribution in [2.45, 2.75) is 25.4 Å². The molecule has 2 aliphatic rings. The number of halogens is 2. The van der Waals surface area contributed by atoms with E-state index in [1.165, 1.54) is 24.3 Å². The third kappa shape index (κ3) is 4.48. The molecular weight excluding hydrogens is 436 g/mol. The summed E-state index contributed by atoms with van der Waals surface area (Å²) in [5.41, 5.74) is 3.79. The van der Waals surface area contributed by atoms with Crippen molar-refractivity contribution in [3.63, 3.8) is 0 Å². The Balaban J connectivity index is 1.41. The molecule has 0 aliphatic carbocycles. The highest BCUT2D eigenvalue weighted by atomic mass is 19.1. The Labute approximate surface area is 197 Å². The Bertz CT molecular complexity index is 1160. The Morgan fingerprint density at radius 2 is 1.62 bits per heavy atom. The minimum Gasteiger partial charge on any atom is -0.378 e. The van der Waals surface area contributed by atoms with E-state index in [9.17, 15) is 13.6 Å². The number of ether oxygens (including phenoxy) is 1. The number of carbonyl (C=O) groups excluding carboxylic acids is 1. The molecule has 0 saturated carbocycles. The zero-order valence-electron chi connectivity index (χ0n) is 19.0. The van der Waals surface area contributed by atoms with E-state index >= 15 is 0 Å². The van der Waals surface area contributed by atoms with E-state index in [2.05, 4.69) is 10.2 Å². The van der Waals surface area contributed by atoms with Gasteiger partial charge in [0, 0.05) is 47.3 Å². The fourth-order valence-electron chi connectivity index (χ4n) is 4.80. The zero-order valence-corrected chi connectivity index (χ0v) is 19.0. The Morgan fingerprint density at radius 1 is 0.941 bits per heavy atom. The molecule has 0 aromatic heterocycles. The predicted molar refractivity (Wildman–Crippen MR) is 130 cm³/mol. The highest BCUT2D eigenvalue weighted by Crippen LogP contribution is 2.40. The molecule has 3 aromatic rings. The van der Waals surface area contributed by atoms with Crippen LogP contribution in [0.5, 0.6) is 0 Å². The van der Waals surface area contributed by atoms with Crippen molar-refractivity contribution in [2.24, 2.45) is 0 Å². The molecule has 5 rings (SSSR count). The number of fused-ring (bicyclic) bond motifs is 1. The van der Waals surface area contributed by atoms with E-state index in [1.54, 1.807) is 23.1 Å². The van der Waals surface area contributed by atoms with Gasteiger partial charge in [0.05, 0.1) is 19.3 Å². The summed E-state index contributed by atoms with van der Waals surface area (Å²) in [7, 11) is 0. The lowest BCUT2D eigenvalue weighted by Crippen LogP contribution is -2.44. The maximum Gasteiger partial charge on any atom is 0.258 e. The second kappa shape index (κ2) is 9.43. The van der Waals surface area contributed by atoms with E-state index in [1.807, 2.05) is 31.2 Å². The van der Waals surface area contributed by atoms with Crippen LogP contribution in [0.25, 0.3) is 0 Å². The van der Waals surface area contributed by atoms with Crippen molar-refractivity contribution >= 4 is 23.0 Å². The number of carbonyl (C=O) groups is 1. The highest BCUT2D eigenvalue weighted by Gasteiger charge is 2.34. The SMILES string of the molecule is C[C@@H]1C[C@@H](Nc2ccc(F)cc2)c2cc(F)ccc2N1C(=O)c1ccc(N2CCOCC2)cc1. The van der Waals surface area contributed by atoms with Gasteiger partial charge in [-0.3, -0.25) is 4.79 Å². The van der Waals surface area contributed by atoms with Crippen molar-refractivity contribution in [1.29, 1.82) is 0 Å². The lowest BCUT2D eigenvalue weighted by atomic mass is 9.90. The summed E-state index contributed by atoms with van der Waals surface area (Å²) in [5, 5.41) is 3.38. The van der Waals surface area contributed by atoms with Crippen molar-refractivity contribution in [3.8, 4) is 0 Å². The molecule has 1 N–H and O–H groups in total. The quantitative estimate of drug-likeness (QED) is 0.563. The number of anilines is 3. The average molecular weight is 464 g/mol. The van der Waals surface area contributed by atoms with Crippen LogP contribution in [0.4, 0.5) is 25.8 Å². The first-order chi connectivity index (χ1) is 16.5. The number of morpholine rings is 1. The molecule has 176 valence electrons. The van der Waals surface area contributed by atoms with Crippen molar-refractivity contribution < 1.29 is 18.3 Å². The molecule has 34 heavy (non-hydrogen) atoms. The summed E-state index contributed by atoms with van der Waals surface area (Å²) in [6.07, 6.45) is 0.589. The lowest BCUT2D eigenvalue weighted by molar-refractivity contribution is 0.0974. The zero-order chi connectivity index (χ0) is 23.7. The number of hydrogen-bond donors (Lipinski definition) is 1. The van der Waals surface area contributed by atoms with Crippen LogP contribution in [-0.2, 0) is 4.74 Å². The third-order valence-corrected chi connectivity index (χ3v) is 6.54. The van der Waals surface area contributed by atoms with Gasteiger partial charge in [-0.15, -0.1) is 0 Å². The van der Waals surface area contributed by atoms with E-state index in [0.29, 0.717) is 36.4 Å². The van der Waals surface area contributed by atoms with Gasteiger partial charge in [-0.2, -0.15) is 0 Å². The Morgan fingerprint density at radius 3 is 2.32 bits per heavy atom. The normalized spacial score (nSPS) is 20.1. The van der Waals surface area contributed by atoms with Crippen LogP contribution < -0.4 is 15.1 Å². The number of hydrogen-bond acceptors (Lipinski definition) is 4. The van der Waals surface area contributed by atoms with Gasteiger partial charge in [0.25, 0.3) is 5.91 Å². The van der Waals surface area contributed by atoms with Gasteiger partial charge in [-0.25, -0.2) is 8.78 Å². The van der Waals surface area contributed by atoms with E-state index < -0.39 is 0 Å². The molecule has 1 saturated heterocycles. The minimum absolute atomic E-state index is 0.117. The summed E-state index contributed by atoms with van der Waals surface area (Å²) < 4.78 is 33.0. The van der Waals surface area contributed by atoms with Gasteiger partial charge in [0.15, 0.2) is 0 Å². The first-order valence-corrected chi connectivity index (χ1v) is 11.6. The van der Waals surface area contributed by atoms with Crippen LogP contribution in [0.15, 0.2) is 66.7 Å². The standard InChI is InChI=1S/C27H27F2N3O2/c1-18-16-25(30-22-7-4-20(28)5-8-22)24-17-21(29)6-11-26(24)32(18)27(33)19-2-9-23(10-3-19)31-12-14-34-15-13-31/h2-11,17-18,25,30H,12-16H2,1H3/t18-,25-/m1/s1. The largest absolute Gasteiger partial charge is 0.378 e. The van der Waals surface area contributed by atoms with Crippen LogP contribution in [0, 0.1) is 11.6 Å². The third-order valence-electron chi connectivity index (χ3n) is 6.54. The van der Waals surface area contributed by atoms with Gasteiger partial charge in [-0.1, -0.05) is 0 Å². The maximum absolute atomic E-state index is 14.2. The van der Waals surface area contributed by atoms with Crippen LogP contribution in [-0.4, -0.2) is 38.3 Å². The molecule has 3 aromatic carbocycles. The van der Waals surface area contributed by atoms with Gasteiger partial charge >= 0.3 is 0 Å². The average Bonchev–Trinajstić information content (AvgIpc) is 2.86. The topological polar surface area (TPSA) is 44.8 Å². The van der Waals surface area contributed by atoms with Gasteiger partial charge < -0.3 is 19.9 Å². The number of rotatable bonds is 4. The van der Waals surface area contributed by atoms with Crippen molar-refractivity contribution in [2.75, 3.05) is 41.4 Å². The van der Waals surface area contributed by atoms with Crippen LogP contribution in [0.3, 0.4) is 0 Å². The van der Waals surface area contributed by atoms with Gasteiger partial charge in [-0.05, 0) is 80.1 Å². The van der Waals surface area contributed by atoms with Crippen LogP contribution >= 0.6 is 0 Å². The Kier molecular flexibility index (Phi) is 6.20. The maximum atomic E-state index is 14.2.